The number of carbonyl (C=O) groups excluding carboxylic acids is 3. The van der Waals surface area contributed by atoms with Crippen molar-refractivity contribution in [1.29, 1.82) is 0 Å². The van der Waals surface area contributed by atoms with E-state index in [1.807, 2.05) is 37.3 Å². The first-order valence-electron chi connectivity index (χ1n) is 9.22. The van der Waals surface area contributed by atoms with Gasteiger partial charge in [-0.3, -0.25) is 24.6 Å². The van der Waals surface area contributed by atoms with E-state index in [2.05, 4.69) is 10.6 Å². The number of amides is 3. The van der Waals surface area contributed by atoms with Crippen molar-refractivity contribution in [2.75, 3.05) is 5.32 Å². The number of fused-ring (bicyclic) bond motifs is 4. The predicted molar refractivity (Wildman–Crippen MR) is 103 cm³/mol. The molecule has 3 aliphatic rings. The number of imide groups is 1. The van der Waals surface area contributed by atoms with E-state index >= 15 is 0 Å². The maximum atomic E-state index is 13.4. The van der Waals surface area contributed by atoms with E-state index in [0.29, 0.717) is 16.3 Å². The zero-order valence-corrected chi connectivity index (χ0v) is 15.9. The molecule has 0 unspecified atom stereocenters. The zero-order valence-electron chi connectivity index (χ0n) is 15.1. The lowest BCUT2D eigenvalue weighted by atomic mass is 9.76. The van der Waals surface area contributed by atoms with E-state index in [-0.39, 0.29) is 30.3 Å². The summed E-state index contributed by atoms with van der Waals surface area (Å²) < 4.78 is 0. The van der Waals surface area contributed by atoms with Gasteiger partial charge in [-0.15, -0.1) is 0 Å². The number of carbonyl (C=O) groups is 3. The average Bonchev–Trinajstić information content (AvgIpc) is 3.23. The van der Waals surface area contributed by atoms with Gasteiger partial charge in [0.25, 0.3) is 0 Å². The molecule has 5 rings (SSSR count). The second-order valence-corrected chi connectivity index (χ2v) is 8.01. The molecule has 3 amide bonds. The van der Waals surface area contributed by atoms with Crippen molar-refractivity contribution in [3.63, 3.8) is 0 Å². The van der Waals surface area contributed by atoms with Gasteiger partial charge in [-0.25, -0.2) is 0 Å². The van der Waals surface area contributed by atoms with E-state index in [1.54, 1.807) is 18.2 Å². The molecule has 2 saturated heterocycles. The highest BCUT2D eigenvalue weighted by Crippen LogP contribution is 2.52. The van der Waals surface area contributed by atoms with Gasteiger partial charge in [0.15, 0.2) is 0 Å². The number of rotatable bonds is 2. The topological polar surface area (TPSA) is 78.5 Å². The van der Waals surface area contributed by atoms with Crippen LogP contribution in [-0.4, -0.2) is 28.7 Å². The lowest BCUT2D eigenvalue weighted by Gasteiger charge is -2.29. The predicted octanol–water partition coefficient (Wildman–Crippen LogP) is 2.28. The second kappa shape index (κ2) is 5.90. The molecule has 3 heterocycles. The number of halogens is 1. The molecule has 3 aliphatic heterocycles. The SMILES string of the molecule is C[C@@H]1N[C@@]2(C(=O)Nc3ccccc32)[C@@H]2C(=O)N(Cc3ccccc3Cl)C(=O)[C@@H]12. The third kappa shape index (κ3) is 2.10. The maximum Gasteiger partial charge on any atom is 0.250 e. The molecule has 2 N–H and O–H groups in total. The summed E-state index contributed by atoms with van der Waals surface area (Å²) in [5.41, 5.74) is 0.886. The highest BCUT2D eigenvalue weighted by Gasteiger charge is 2.69. The van der Waals surface area contributed by atoms with Crippen molar-refractivity contribution in [2.45, 2.75) is 25.0 Å². The van der Waals surface area contributed by atoms with Crippen LogP contribution in [0.1, 0.15) is 18.1 Å². The van der Waals surface area contributed by atoms with E-state index in [1.165, 1.54) is 4.90 Å². The van der Waals surface area contributed by atoms with Crippen LogP contribution in [0.3, 0.4) is 0 Å². The third-order valence-corrected chi connectivity index (χ3v) is 6.52. The minimum absolute atomic E-state index is 0.108. The zero-order chi connectivity index (χ0) is 19.6. The van der Waals surface area contributed by atoms with Crippen molar-refractivity contribution in [2.24, 2.45) is 11.8 Å². The van der Waals surface area contributed by atoms with Crippen LogP contribution in [-0.2, 0) is 26.5 Å². The van der Waals surface area contributed by atoms with E-state index in [4.69, 9.17) is 11.6 Å². The fourth-order valence-corrected chi connectivity index (χ4v) is 5.13. The number of nitrogens with zero attached hydrogens (tertiary/aromatic N) is 1. The number of hydrogen-bond donors (Lipinski definition) is 2. The number of benzene rings is 2. The smallest absolute Gasteiger partial charge is 0.250 e. The first kappa shape index (κ1) is 17.4. The first-order chi connectivity index (χ1) is 13.4. The van der Waals surface area contributed by atoms with Crippen molar-refractivity contribution < 1.29 is 14.4 Å². The van der Waals surface area contributed by atoms with Crippen LogP contribution in [0.2, 0.25) is 5.02 Å². The second-order valence-electron chi connectivity index (χ2n) is 7.60. The molecule has 28 heavy (non-hydrogen) atoms. The standard InChI is InChI=1S/C21H18ClN3O3/c1-11-16-17(21(24-11)13-7-3-5-9-15(13)23-20(21)28)19(27)25(18(16)26)10-12-6-2-4-8-14(12)22/h2-9,11,16-17,24H,10H2,1H3,(H,23,28)/t11-,16-,17-,21+/m0/s1. The van der Waals surface area contributed by atoms with Gasteiger partial charge >= 0.3 is 0 Å². The third-order valence-electron chi connectivity index (χ3n) is 6.15. The van der Waals surface area contributed by atoms with Gasteiger partial charge in [-0.05, 0) is 24.6 Å². The average molecular weight is 396 g/mol. The van der Waals surface area contributed by atoms with Crippen LogP contribution in [0.5, 0.6) is 0 Å². The number of anilines is 1. The fourth-order valence-electron chi connectivity index (χ4n) is 4.93. The van der Waals surface area contributed by atoms with Crippen molar-refractivity contribution >= 4 is 35.0 Å². The minimum Gasteiger partial charge on any atom is -0.324 e. The first-order valence-corrected chi connectivity index (χ1v) is 9.60. The molecule has 1 spiro atoms. The van der Waals surface area contributed by atoms with Crippen molar-refractivity contribution in [3.8, 4) is 0 Å². The summed E-state index contributed by atoms with van der Waals surface area (Å²) in [6, 6.07) is 14.2. The van der Waals surface area contributed by atoms with Crippen LogP contribution in [0.4, 0.5) is 5.69 Å². The van der Waals surface area contributed by atoms with Gasteiger partial charge in [-0.1, -0.05) is 48.0 Å². The van der Waals surface area contributed by atoms with E-state index in [9.17, 15) is 14.4 Å². The Morgan fingerprint density at radius 3 is 2.54 bits per heavy atom. The largest absolute Gasteiger partial charge is 0.324 e. The number of nitrogens with one attached hydrogen (secondary N) is 2. The van der Waals surface area contributed by atoms with Crippen LogP contribution < -0.4 is 10.6 Å². The maximum absolute atomic E-state index is 13.4. The summed E-state index contributed by atoms with van der Waals surface area (Å²) in [6.07, 6.45) is 0. The molecule has 4 atom stereocenters. The Labute approximate surface area is 166 Å². The summed E-state index contributed by atoms with van der Waals surface area (Å²) in [6.45, 7) is 1.96. The summed E-state index contributed by atoms with van der Waals surface area (Å²) >= 11 is 6.23. The van der Waals surface area contributed by atoms with Gasteiger partial charge in [0.05, 0.1) is 18.4 Å². The molecule has 2 aromatic rings. The monoisotopic (exact) mass is 395 g/mol. The lowest BCUT2D eigenvalue weighted by Crippen LogP contribution is -2.52. The molecule has 0 bridgehead atoms. The highest BCUT2D eigenvalue weighted by molar-refractivity contribution is 6.31. The van der Waals surface area contributed by atoms with Crippen LogP contribution in [0.15, 0.2) is 48.5 Å². The van der Waals surface area contributed by atoms with Crippen molar-refractivity contribution in [1.82, 2.24) is 10.2 Å². The molecule has 142 valence electrons. The van der Waals surface area contributed by atoms with Crippen LogP contribution in [0, 0.1) is 11.8 Å². The van der Waals surface area contributed by atoms with Gasteiger partial charge in [0.2, 0.25) is 17.7 Å². The molecule has 7 heteroatoms. The quantitative estimate of drug-likeness (QED) is 0.765. The highest BCUT2D eigenvalue weighted by atomic mass is 35.5. The van der Waals surface area contributed by atoms with E-state index < -0.39 is 17.4 Å². The van der Waals surface area contributed by atoms with Gasteiger partial charge in [0, 0.05) is 22.3 Å². The molecule has 0 aliphatic carbocycles. The Morgan fingerprint density at radius 1 is 1.04 bits per heavy atom. The molecule has 0 radical (unpaired) electrons. The Balaban J connectivity index is 1.58. The lowest BCUT2D eigenvalue weighted by molar-refractivity contribution is -0.143. The number of hydrogen-bond acceptors (Lipinski definition) is 4. The fraction of sp³-hybridized carbons (Fsp3) is 0.286. The van der Waals surface area contributed by atoms with E-state index in [0.717, 1.165) is 5.56 Å². The molecule has 0 aromatic heterocycles. The molecular formula is C21H18ClN3O3. The Morgan fingerprint density at radius 2 is 1.75 bits per heavy atom. The minimum atomic E-state index is -1.22. The van der Waals surface area contributed by atoms with Gasteiger partial charge in [-0.2, -0.15) is 0 Å². The summed E-state index contributed by atoms with van der Waals surface area (Å²) in [5, 5.41) is 6.66. The molecule has 6 nitrogen and oxygen atoms in total. The van der Waals surface area contributed by atoms with Crippen LogP contribution in [0.25, 0.3) is 0 Å². The van der Waals surface area contributed by atoms with Crippen molar-refractivity contribution in [3.05, 3.63) is 64.7 Å². The molecular weight excluding hydrogens is 378 g/mol. The molecule has 0 saturated carbocycles. The summed E-state index contributed by atoms with van der Waals surface area (Å²) in [7, 11) is 0. The normalized spacial score (nSPS) is 30.7. The molecule has 2 aromatic carbocycles. The number of para-hydroxylation sites is 1. The Bertz CT molecular complexity index is 1040. The summed E-state index contributed by atoms with van der Waals surface area (Å²) in [4.78, 5) is 40.9. The Hall–Kier alpha value is -2.70. The van der Waals surface area contributed by atoms with Crippen LogP contribution >= 0.6 is 11.6 Å². The Kier molecular flexibility index (Phi) is 3.66. The summed E-state index contributed by atoms with van der Waals surface area (Å²) in [5.74, 6) is -2.25. The number of likely N-dealkylation sites (tertiary alicyclic amines) is 1. The van der Waals surface area contributed by atoms with Gasteiger partial charge < -0.3 is 5.32 Å². The molecule has 2 fully saturated rings. The van der Waals surface area contributed by atoms with Gasteiger partial charge in [0.1, 0.15) is 5.54 Å².